The normalized spacial score (nSPS) is 11.3. The van der Waals surface area contributed by atoms with E-state index in [-0.39, 0.29) is 16.3 Å². The number of benzene rings is 2. The van der Waals surface area contributed by atoms with Gasteiger partial charge in [0.1, 0.15) is 11.6 Å². The molecule has 0 aromatic heterocycles. The Morgan fingerprint density at radius 1 is 1.16 bits per heavy atom. The van der Waals surface area contributed by atoms with E-state index in [1.165, 1.54) is 30.3 Å². The van der Waals surface area contributed by atoms with Gasteiger partial charge in [0, 0.05) is 10.5 Å². The summed E-state index contributed by atoms with van der Waals surface area (Å²) in [4.78, 5) is -0.146. The van der Waals surface area contributed by atoms with Crippen molar-refractivity contribution in [3.8, 4) is 5.75 Å². The maximum atomic E-state index is 13.5. The van der Waals surface area contributed by atoms with Gasteiger partial charge in [0.2, 0.25) is 0 Å². The Bertz CT molecular complexity index is 719. The van der Waals surface area contributed by atoms with Gasteiger partial charge >= 0.3 is 0 Å². The topological polar surface area (TPSA) is 66.4 Å². The Hall–Kier alpha value is -1.60. The molecule has 0 fully saturated rings. The minimum atomic E-state index is -3.95. The molecule has 0 saturated carbocycles. The maximum absolute atomic E-state index is 13.5. The van der Waals surface area contributed by atoms with E-state index in [1.54, 1.807) is 0 Å². The summed E-state index contributed by atoms with van der Waals surface area (Å²) < 4.78 is 40.2. The lowest BCUT2D eigenvalue weighted by Crippen LogP contribution is -2.13. The van der Waals surface area contributed by atoms with Gasteiger partial charge in [-0.25, -0.2) is 12.8 Å². The smallest absolute Gasteiger partial charge is 0.262 e. The molecule has 0 spiro atoms. The highest BCUT2D eigenvalue weighted by Gasteiger charge is 2.16. The molecule has 0 unspecified atom stereocenters. The molecule has 0 aliphatic heterocycles. The average Bonchev–Trinajstić information content (AvgIpc) is 2.33. The van der Waals surface area contributed by atoms with E-state index >= 15 is 0 Å². The Morgan fingerprint density at radius 3 is 2.58 bits per heavy atom. The van der Waals surface area contributed by atoms with Gasteiger partial charge < -0.3 is 5.11 Å². The molecule has 2 N–H and O–H groups in total. The van der Waals surface area contributed by atoms with Crippen LogP contribution in [-0.2, 0) is 10.0 Å². The number of sulfonamides is 1. The predicted octanol–water partition coefficient (Wildman–Crippen LogP) is 3.09. The van der Waals surface area contributed by atoms with Crippen molar-refractivity contribution >= 4 is 31.6 Å². The Labute approximate surface area is 118 Å². The molecule has 2 aromatic carbocycles. The molecule has 4 nitrogen and oxygen atoms in total. The van der Waals surface area contributed by atoms with Crippen molar-refractivity contribution in [1.29, 1.82) is 0 Å². The van der Waals surface area contributed by atoms with E-state index in [2.05, 4.69) is 20.7 Å². The van der Waals surface area contributed by atoms with Crippen LogP contribution in [-0.4, -0.2) is 13.5 Å². The van der Waals surface area contributed by atoms with Gasteiger partial charge in [-0.15, -0.1) is 0 Å². The molecule has 0 bridgehead atoms. The third-order valence-corrected chi connectivity index (χ3v) is 4.16. The minimum absolute atomic E-state index is 0.146. The van der Waals surface area contributed by atoms with Crippen molar-refractivity contribution in [3.63, 3.8) is 0 Å². The standard InChI is InChI=1S/C12H9BrFNO3S/c13-8-4-5-11(14)12(6-8)15-19(17,18)10-3-1-2-9(16)7-10/h1-7,15-16H. The third kappa shape index (κ3) is 3.24. The highest BCUT2D eigenvalue weighted by molar-refractivity contribution is 9.10. The fraction of sp³-hybridized carbons (Fsp3) is 0. The molecule has 0 heterocycles. The second-order valence-electron chi connectivity index (χ2n) is 3.73. The monoisotopic (exact) mass is 345 g/mol. The van der Waals surface area contributed by atoms with E-state index in [0.717, 1.165) is 12.1 Å². The quantitative estimate of drug-likeness (QED) is 0.898. The highest BCUT2D eigenvalue weighted by Crippen LogP contribution is 2.24. The summed E-state index contributed by atoms with van der Waals surface area (Å²) in [7, 11) is -3.95. The molecule has 0 aliphatic carbocycles. The van der Waals surface area contributed by atoms with Crippen molar-refractivity contribution in [2.45, 2.75) is 4.90 Å². The van der Waals surface area contributed by atoms with E-state index in [1.807, 2.05) is 0 Å². The van der Waals surface area contributed by atoms with E-state index in [9.17, 15) is 17.9 Å². The van der Waals surface area contributed by atoms with Gasteiger partial charge in [-0.3, -0.25) is 4.72 Å². The number of anilines is 1. The van der Waals surface area contributed by atoms with E-state index < -0.39 is 15.8 Å². The van der Waals surface area contributed by atoms with Crippen LogP contribution in [0.3, 0.4) is 0 Å². The number of aromatic hydroxyl groups is 1. The van der Waals surface area contributed by atoms with Gasteiger partial charge in [-0.2, -0.15) is 0 Å². The van der Waals surface area contributed by atoms with Crippen LogP contribution in [0, 0.1) is 5.82 Å². The average molecular weight is 346 g/mol. The predicted molar refractivity (Wildman–Crippen MR) is 73.0 cm³/mol. The Balaban J connectivity index is 2.39. The molecule has 0 saturated heterocycles. The van der Waals surface area contributed by atoms with Crippen LogP contribution in [0.1, 0.15) is 0 Å². The second kappa shape index (κ2) is 5.18. The van der Waals surface area contributed by atoms with Crippen LogP contribution in [0.25, 0.3) is 0 Å². The third-order valence-electron chi connectivity index (χ3n) is 2.30. The molecule has 0 aliphatic rings. The number of hydrogen-bond acceptors (Lipinski definition) is 3. The fourth-order valence-corrected chi connectivity index (χ4v) is 2.89. The zero-order valence-electron chi connectivity index (χ0n) is 9.47. The number of nitrogens with one attached hydrogen (secondary N) is 1. The molecule has 0 amide bonds. The van der Waals surface area contributed by atoms with Crippen LogP contribution in [0.5, 0.6) is 5.75 Å². The van der Waals surface area contributed by atoms with Crippen LogP contribution in [0.15, 0.2) is 51.8 Å². The number of halogens is 2. The molecular weight excluding hydrogens is 337 g/mol. The molecule has 7 heteroatoms. The lowest BCUT2D eigenvalue weighted by molar-refractivity contribution is 0.473. The number of rotatable bonds is 3. The zero-order valence-corrected chi connectivity index (χ0v) is 11.9. The zero-order chi connectivity index (χ0) is 14.0. The lowest BCUT2D eigenvalue weighted by Gasteiger charge is -2.09. The number of phenols is 1. The summed E-state index contributed by atoms with van der Waals surface area (Å²) >= 11 is 3.13. The summed E-state index contributed by atoms with van der Waals surface area (Å²) in [5.41, 5.74) is -0.169. The molecule has 0 radical (unpaired) electrons. The molecule has 2 aromatic rings. The van der Waals surface area contributed by atoms with Gasteiger partial charge in [0.15, 0.2) is 0 Å². The second-order valence-corrected chi connectivity index (χ2v) is 6.33. The highest BCUT2D eigenvalue weighted by atomic mass is 79.9. The molecule has 100 valence electrons. The van der Waals surface area contributed by atoms with Crippen LogP contribution in [0.2, 0.25) is 0 Å². The van der Waals surface area contributed by atoms with Crippen molar-refractivity contribution in [3.05, 3.63) is 52.8 Å². The van der Waals surface area contributed by atoms with Gasteiger partial charge in [-0.05, 0) is 30.3 Å². The first-order valence-corrected chi connectivity index (χ1v) is 7.43. The molecule has 0 atom stereocenters. The van der Waals surface area contributed by atoms with Crippen molar-refractivity contribution in [2.24, 2.45) is 0 Å². The largest absolute Gasteiger partial charge is 0.508 e. The van der Waals surface area contributed by atoms with Crippen molar-refractivity contribution in [2.75, 3.05) is 4.72 Å². The van der Waals surface area contributed by atoms with Crippen LogP contribution >= 0.6 is 15.9 Å². The van der Waals surface area contributed by atoms with Gasteiger partial charge in [0.05, 0.1) is 10.6 Å². The first kappa shape index (κ1) is 13.8. The molecule has 19 heavy (non-hydrogen) atoms. The summed E-state index contributed by atoms with van der Waals surface area (Å²) in [6.45, 7) is 0. The summed E-state index contributed by atoms with van der Waals surface area (Å²) in [6, 6.07) is 9.04. The molecule has 2 rings (SSSR count). The van der Waals surface area contributed by atoms with Gasteiger partial charge in [0.25, 0.3) is 10.0 Å². The Kier molecular flexibility index (Phi) is 3.77. The minimum Gasteiger partial charge on any atom is -0.508 e. The lowest BCUT2D eigenvalue weighted by atomic mass is 10.3. The van der Waals surface area contributed by atoms with Crippen molar-refractivity contribution in [1.82, 2.24) is 0 Å². The van der Waals surface area contributed by atoms with Crippen molar-refractivity contribution < 1.29 is 17.9 Å². The van der Waals surface area contributed by atoms with Crippen LogP contribution in [0.4, 0.5) is 10.1 Å². The number of phenolic OH excluding ortho intramolecular Hbond substituents is 1. The first-order valence-electron chi connectivity index (χ1n) is 5.15. The van der Waals surface area contributed by atoms with Gasteiger partial charge in [-0.1, -0.05) is 22.0 Å². The van der Waals surface area contributed by atoms with E-state index in [0.29, 0.717) is 4.47 Å². The maximum Gasteiger partial charge on any atom is 0.262 e. The fourth-order valence-electron chi connectivity index (χ4n) is 1.43. The van der Waals surface area contributed by atoms with Crippen LogP contribution < -0.4 is 4.72 Å². The summed E-state index contributed by atoms with van der Waals surface area (Å²) in [5, 5.41) is 9.27. The first-order chi connectivity index (χ1) is 8.88. The summed E-state index contributed by atoms with van der Waals surface area (Å²) in [6.07, 6.45) is 0. The molecular formula is C12H9BrFNO3S. The Morgan fingerprint density at radius 2 is 1.89 bits per heavy atom. The SMILES string of the molecule is O=S(=O)(Nc1cc(Br)ccc1F)c1cccc(O)c1. The summed E-state index contributed by atoms with van der Waals surface area (Å²) in [5.74, 6) is -0.871. The number of hydrogen-bond donors (Lipinski definition) is 2. The van der Waals surface area contributed by atoms with E-state index in [4.69, 9.17) is 0 Å².